The van der Waals surface area contributed by atoms with Crippen LogP contribution in [0.2, 0.25) is 0 Å². The molecular formula is C29H43N3O4. The first-order chi connectivity index (χ1) is 17.4. The molecule has 1 aliphatic carbocycles. The monoisotopic (exact) mass is 497 g/mol. The smallest absolute Gasteiger partial charge is 0.253 e. The molecule has 0 bridgehead atoms. The van der Waals surface area contributed by atoms with Crippen molar-refractivity contribution in [3.05, 3.63) is 56.3 Å². The minimum atomic E-state index is -0.376. The number of hydrogen-bond donors (Lipinski definition) is 2. The fourth-order valence-corrected chi connectivity index (χ4v) is 5.80. The van der Waals surface area contributed by atoms with Gasteiger partial charge in [-0.1, -0.05) is 44.2 Å². The number of rotatable bonds is 14. The van der Waals surface area contributed by atoms with E-state index in [0.29, 0.717) is 42.5 Å². The van der Waals surface area contributed by atoms with Crippen molar-refractivity contribution >= 4 is 11.4 Å². The summed E-state index contributed by atoms with van der Waals surface area (Å²) in [5.74, 6) is 0.890. The zero-order chi connectivity index (χ0) is 25.7. The van der Waals surface area contributed by atoms with Gasteiger partial charge in [-0.2, -0.15) is 0 Å². The van der Waals surface area contributed by atoms with E-state index in [1.165, 1.54) is 6.42 Å². The van der Waals surface area contributed by atoms with Gasteiger partial charge in [0.15, 0.2) is 0 Å². The van der Waals surface area contributed by atoms with E-state index in [2.05, 4.69) is 41.5 Å². The fourth-order valence-electron chi connectivity index (χ4n) is 5.80. The zero-order valence-corrected chi connectivity index (χ0v) is 22.3. The van der Waals surface area contributed by atoms with Gasteiger partial charge in [0.25, 0.3) is 10.9 Å². The number of nitrogens with zero attached hydrogens (tertiary/aromatic N) is 1. The Bertz CT molecular complexity index is 1050. The Labute approximate surface area is 215 Å². The lowest BCUT2D eigenvalue weighted by Crippen LogP contribution is -2.48. The van der Waals surface area contributed by atoms with E-state index in [0.717, 1.165) is 44.3 Å². The van der Waals surface area contributed by atoms with Crippen LogP contribution in [0.3, 0.4) is 0 Å². The Balaban J connectivity index is 1.48. The van der Waals surface area contributed by atoms with Crippen LogP contribution in [-0.4, -0.2) is 53.0 Å². The summed E-state index contributed by atoms with van der Waals surface area (Å²) >= 11 is 0. The molecule has 7 heteroatoms. The predicted octanol–water partition coefficient (Wildman–Crippen LogP) is 3.73. The molecule has 7 nitrogen and oxygen atoms in total. The maximum absolute atomic E-state index is 12.8. The number of piperidine rings is 1. The van der Waals surface area contributed by atoms with E-state index < -0.39 is 0 Å². The Morgan fingerprint density at radius 1 is 1.14 bits per heavy atom. The molecular weight excluding hydrogens is 454 g/mol. The van der Waals surface area contributed by atoms with Gasteiger partial charge in [0.1, 0.15) is 11.4 Å². The summed E-state index contributed by atoms with van der Waals surface area (Å²) < 4.78 is 11.6. The summed E-state index contributed by atoms with van der Waals surface area (Å²) in [6, 6.07) is 10.5. The molecule has 36 heavy (non-hydrogen) atoms. The number of hydrogen-bond acceptors (Lipinski definition) is 7. The number of anilines is 2. The van der Waals surface area contributed by atoms with Crippen LogP contribution in [0, 0.1) is 17.3 Å². The molecule has 1 saturated carbocycles. The van der Waals surface area contributed by atoms with Crippen molar-refractivity contribution in [3.8, 4) is 0 Å². The second-order valence-electron chi connectivity index (χ2n) is 11.3. The Kier molecular flexibility index (Phi) is 8.86. The molecule has 2 aliphatic rings. The number of nitrogens with one attached hydrogen (secondary N) is 2. The molecule has 1 aliphatic heterocycles. The summed E-state index contributed by atoms with van der Waals surface area (Å²) in [5, 5.41) is 6.73. The molecule has 0 amide bonds. The van der Waals surface area contributed by atoms with Crippen molar-refractivity contribution in [2.45, 2.75) is 58.1 Å². The van der Waals surface area contributed by atoms with Crippen LogP contribution < -0.4 is 26.4 Å². The zero-order valence-electron chi connectivity index (χ0n) is 22.3. The normalized spacial score (nSPS) is 22.9. The molecule has 1 saturated heterocycles. The quantitative estimate of drug-likeness (QED) is 0.304. The number of ether oxygens (including phenoxy) is 2. The first-order valence-corrected chi connectivity index (χ1v) is 13.5. The SMILES string of the molecule is CNC[C@H](CC1CC1(C)C)Nc1c(N2CCC[C@@H]([C@@H](OCCCOC)c3ccccc3)C2)c(=O)c1=O. The third-order valence-electron chi connectivity index (χ3n) is 8.09. The van der Waals surface area contributed by atoms with Crippen LogP contribution in [-0.2, 0) is 9.47 Å². The van der Waals surface area contributed by atoms with Crippen molar-refractivity contribution in [3.63, 3.8) is 0 Å². The molecule has 2 aromatic rings. The van der Waals surface area contributed by atoms with Crippen LogP contribution in [0.1, 0.15) is 57.6 Å². The standard InChI is InChI=1S/C29H43N3O4/c1-29(2)17-22(29)16-23(18-30-3)31-24-25(27(34)26(24)33)32-13-8-12-21(19-32)28(36-15-9-14-35-4)20-10-6-5-7-11-20/h5-7,10-11,21-23,28,30-31H,8-9,12-19H2,1-4H3/t21-,22?,23+,28+/m1/s1. The molecule has 2 aromatic carbocycles. The van der Waals surface area contributed by atoms with E-state index in [9.17, 15) is 9.59 Å². The molecule has 4 rings (SSSR count). The molecule has 0 radical (unpaired) electrons. The Morgan fingerprint density at radius 3 is 2.56 bits per heavy atom. The summed E-state index contributed by atoms with van der Waals surface area (Å²) in [4.78, 5) is 27.6. The first kappa shape index (κ1) is 26.8. The van der Waals surface area contributed by atoms with Crippen LogP contribution in [0.4, 0.5) is 11.4 Å². The van der Waals surface area contributed by atoms with Crippen molar-refractivity contribution < 1.29 is 9.47 Å². The van der Waals surface area contributed by atoms with Crippen LogP contribution in [0.15, 0.2) is 39.9 Å². The van der Waals surface area contributed by atoms with Crippen LogP contribution in [0.25, 0.3) is 0 Å². The highest BCUT2D eigenvalue weighted by atomic mass is 16.5. The van der Waals surface area contributed by atoms with Crippen LogP contribution in [0.5, 0.6) is 0 Å². The Hall–Kier alpha value is -2.22. The molecule has 2 fully saturated rings. The fraction of sp³-hybridized carbons (Fsp3) is 0.655. The molecule has 0 aromatic heterocycles. The topological polar surface area (TPSA) is 79.9 Å². The lowest BCUT2D eigenvalue weighted by atomic mass is 9.87. The lowest BCUT2D eigenvalue weighted by molar-refractivity contribution is -0.00235. The van der Waals surface area contributed by atoms with Gasteiger partial charge in [-0.3, -0.25) is 9.59 Å². The molecule has 198 valence electrons. The third-order valence-corrected chi connectivity index (χ3v) is 8.09. The highest BCUT2D eigenvalue weighted by Gasteiger charge is 2.46. The van der Waals surface area contributed by atoms with Crippen molar-refractivity contribution in [2.24, 2.45) is 17.3 Å². The lowest BCUT2D eigenvalue weighted by Gasteiger charge is -2.39. The number of methoxy groups -OCH3 is 1. The Morgan fingerprint density at radius 2 is 1.89 bits per heavy atom. The van der Waals surface area contributed by atoms with E-state index in [4.69, 9.17) is 9.47 Å². The second-order valence-corrected chi connectivity index (χ2v) is 11.3. The van der Waals surface area contributed by atoms with Crippen molar-refractivity contribution in [2.75, 3.05) is 57.2 Å². The van der Waals surface area contributed by atoms with Crippen molar-refractivity contribution in [1.82, 2.24) is 5.32 Å². The van der Waals surface area contributed by atoms with Gasteiger partial charge in [-0.05, 0) is 56.0 Å². The van der Waals surface area contributed by atoms with Gasteiger partial charge in [-0.25, -0.2) is 0 Å². The molecule has 2 N–H and O–H groups in total. The van der Waals surface area contributed by atoms with Gasteiger partial charge in [0.05, 0.1) is 6.10 Å². The molecule has 4 atom stereocenters. The van der Waals surface area contributed by atoms with E-state index in [-0.39, 0.29) is 28.9 Å². The van der Waals surface area contributed by atoms with Gasteiger partial charge >= 0.3 is 0 Å². The van der Waals surface area contributed by atoms with Crippen molar-refractivity contribution in [1.29, 1.82) is 0 Å². The molecule has 1 unspecified atom stereocenters. The average molecular weight is 498 g/mol. The first-order valence-electron chi connectivity index (χ1n) is 13.5. The van der Waals surface area contributed by atoms with Crippen LogP contribution >= 0.6 is 0 Å². The summed E-state index contributed by atoms with van der Waals surface area (Å²) in [7, 11) is 3.64. The van der Waals surface area contributed by atoms with Gasteiger partial charge in [0.2, 0.25) is 0 Å². The minimum absolute atomic E-state index is 0.0529. The average Bonchev–Trinajstić information content (AvgIpc) is 3.49. The minimum Gasteiger partial charge on any atom is -0.385 e. The maximum Gasteiger partial charge on any atom is 0.253 e. The number of likely N-dealkylation sites (N-methyl/N-ethyl adjacent to an activating group) is 1. The highest BCUT2D eigenvalue weighted by molar-refractivity contribution is 5.75. The molecule has 1 heterocycles. The predicted molar refractivity (Wildman–Crippen MR) is 146 cm³/mol. The number of benzene rings is 1. The maximum atomic E-state index is 12.8. The summed E-state index contributed by atoms with van der Waals surface area (Å²) in [6.07, 6.45) is 4.99. The third kappa shape index (κ3) is 6.18. The van der Waals surface area contributed by atoms with Gasteiger partial charge in [0, 0.05) is 51.9 Å². The van der Waals surface area contributed by atoms with E-state index >= 15 is 0 Å². The van der Waals surface area contributed by atoms with E-state index in [1.807, 2.05) is 25.2 Å². The highest BCUT2D eigenvalue weighted by Crippen LogP contribution is 2.54. The summed E-state index contributed by atoms with van der Waals surface area (Å²) in [5.41, 5.74) is 1.89. The second kappa shape index (κ2) is 11.9. The summed E-state index contributed by atoms with van der Waals surface area (Å²) in [6.45, 7) is 8.14. The van der Waals surface area contributed by atoms with Gasteiger partial charge < -0.3 is 25.0 Å². The molecule has 0 spiro atoms. The van der Waals surface area contributed by atoms with E-state index in [1.54, 1.807) is 7.11 Å². The largest absolute Gasteiger partial charge is 0.385 e. The van der Waals surface area contributed by atoms with Gasteiger partial charge in [-0.15, -0.1) is 0 Å².